The first kappa shape index (κ1) is 12.9. The number of rotatable bonds is 3. The second-order valence-electron chi connectivity index (χ2n) is 4.59. The fraction of sp³-hybridized carbons (Fsp3) is 0.571. The SMILES string of the molecule is CCC1CN(c2ccc(CBr)c(C)c2)CCO1. The van der Waals surface area contributed by atoms with E-state index in [0.29, 0.717) is 6.10 Å². The monoisotopic (exact) mass is 297 g/mol. The highest BCUT2D eigenvalue weighted by Crippen LogP contribution is 2.23. The summed E-state index contributed by atoms with van der Waals surface area (Å²) in [6.45, 7) is 7.23. The van der Waals surface area contributed by atoms with Crippen LogP contribution in [0.25, 0.3) is 0 Å². The molecule has 0 saturated carbocycles. The molecule has 0 bridgehead atoms. The number of nitrogens with zero attached hydrogens (tertiary/aromatic N) is 1. The molecule has 1 unspecified atom stereocenters. The molecular formula is C14H20BrNO. The fourth-order valence-corrected chi connectivity index (χ4v) is 2.86. The summed E-state index contributed by atoms with van der Waals surface area (Å²) in [4.78, 5) is 2.43. The Kier molecular flexibility index (Phi) is 4.46. The van der Waals surface area contributed by atoms with Crippen LogP contribution in [0, 0.1) is 6.92 Å². The zero-order chi connectivity index (χ0) is 12.3. The lowest BCUT2D eigenvalue weighted by Crippen LogP contribution is -2.42. The van der Waals surface area contributed by atoms with Crippen molar-refractivity contribution < 1.29 is 4.74 Å². The van der Waals surface area contributed by atoms with E-state index in [4.69, 9.17) is 4.74 Å². The van der Waals surface area contributed by atoms with Crippen LogP contribution in [-0.2, 0) is 10.1 Å². The van der Waals surface area contributed by atoms with Gasteiger partial charge < -0.3 is 9.64 Å². The zero-order valence-electron chi connectivity index (χ0n) is 10.6. The molecule has 3 heteroatoms. The lowest BCUT2D eigenvalue weighted by atomic mass is 10.1. The van der Waals surface area contributed by atoms with E-state index in [9.17, 15) is 0 Å². The lowest BCUT2D eigenvalue weighted by Gasteiger charge is -2.34. The first-order valence-electron chi connectivity index (χ1n) is 6.26. The van der Waals surface area contributed by atoms with Gasteiger partial charge in [0.05, 0.1) is 12.7 Å². The Morgan fingerprint density at radius 3 is 2.94 bits per heavy atom. The summed E-state index contributed by atoms with van der Waals surface area (Å²) in [6.07, 6.45) is 1.48. The molecule has 0 spiro atoms. The summed E-state index contributed by atoms with van der Waals surface area (Å²) >= 11 is 3.52. The van der Waals surface area contributed by atoms with Crippen LogP contribution in [-0.4, -0.2) is 25.8 Å². The van der Waals surface area contributed by atoms with Crippen molar-refractivity contribution >= 4 is 21.6 Å². The molecule has 0 aromatic heterocycles. The maximum Gasteiger partial charge on any atom is 0.0748 e. The van der Waals surface area contributed by atoms with Crippen molar-refractivity contribution in [2.45, 2.75) is 31.7 Å². The number of aryl methyl sites for hydroxylation is 1. The zero-order valence-corrected chi connectivity index (χ0v) is 12.2. The first-order valence-corrected chi connectivity index (χ1v) is 7.38. The highest BCUT2D eigenvalue weighted by Gasteiger charge is 2.19. The normalized spacial score (nSPS) is 20.6. The van der Waals surface area contributed by atoms with Crippen LogP contribution in [0.3, 0.4) is 0 Å². The molecule has 1 aliphatic heterocycles. The minimum Gasteiger partial charge on any atom is -0.375 e. The van der Waals surface area contributed by atoms with Gasteiger partial charge in [-0.05, 0) is 36.6 Å². The number of halogens is 1. The van der Waals surface area contributed by atoms with E-state index in [1.807, 2.05) is 0 Å². The van der Waals surface area contributed by atoms with Gasteiger partial charge in [-0.3, -0.25) is 0 Å². The molecule has 1 atom stereocenters. The van der Waals surface area contributed by atoms with Gasteiger partial charge in [0.25, 0.3) is 0 Å². The molecule has 1 aliphatic rings. The van der Waals surface area contributed by atoms with Crippen molar-refractivity contribution in [1.29, 1.82) is 0 Å². The van der Waals surface area contributed by atoms with Crippen LogP contribution in [0.2, 0.25) is 0 Å². The number of morpholine rings is 1. The van der Waals surface area contributed by atoms with Crippen LogP contribution in [0.1, 0.15) is 24.5 Å². The average Bonchev–Trinajstić information content (AvgIpc) is 2.38. The standard InChI is InChI=1S/C14H20BrNO/c1-3-14-10-16(6-7-17-14)13-5-4-12(9-15)11(2)8-13/h4-5,8,14H,3,6-7,9-10H2,1-2H3. The van der Waals surface area contributed by atoms with Gasteiger partial charge in [0.1, 0.15) is 0 Å². The largest absolute Gasteiger partial charge is 0.375 e. The molecular weight excluding hydrogens is 278 g/mol. The van der Waals surface area contributed by atoms with Crippen molar-refractivity contribution in [3.63, 3.8) is 0 Å². The first-order chi connectivity index (χ1) is 8.24. The molecule has 1 aromatic carbocycles. The van der Waals surface area contributed by atoms with Crippen LogP contribution < -0.4 is 4.90 Å². The van der Waals surface area contributed by atoms with Gasteiger partial charge >= 0.3 is 0 Å². The quantitative estimate of drug-likeness (QED) is 0.792. The van der Waals surface area contributed by atoms with E-state index in [-0.39, 0.29) is 0 Å². The third kappa shape index (κ3) is 3.02. The summed E-state index contributed by atoms with van der Waals surface area (Å²) in [5, 5.41) is 0.930. The molecule has 17 heavy (non-hydrogen) atoms. The minimum absolute atomic E-state index is 0.389. The molecule has 1 heterocycles. The van der Waals surface area contributed by atoms with Gasteiger partial charge in [-0.2, -0.15) is 0 Å². The molecule has 0 amide bonds. The predicted octanol–water partition coefficient (Wildman–Crippen LogP) is 3.51. The number of hydrogen-bond donors (Lipinski definition) is 0. The van der Waals surface area contributed by atoms with E-state index < -0.39 is 0 Å². The predicted molar refractivity (Wildman–Crippen MR) is 76.1 cm³/mol. The van der Waals surface area contributed by atoms with Crippen molar-refractivity contribution in [2.24, 2.45) is 0 Å². The molecule has 2 rings (SSSR count). The van der Waals surface area contributed by atoms with Crippen molar-refractivity contribution in [3.8, 4) is 0 Å². The summed E-state index contributed by atoms with van der Waals surface area (Å²) in [5.41, 5.74) is 4.06. The molecule has 1 fully saturated rings. The maximum absolute atomic E-state index is 5.70. The van der Waals surface area contributed by atoms with Gasteiger partial charge in [0, 0.05) is 24.1 Å². The van der Waals surface area contributed by atoms with Crippen LogP contribution >= 0.6 is 15.9 Å². The number of ether oxygens (including phenoxy) is 1. The summed E-state index contributed by atoms with van der Waals surface area (Å²) in [7, 11) is 0. The molecule has 1 aromatic rings. The van der Waals surface area contributed by atoms with Crippen molar-refractivity contribution in [2.75, 3.05) is 24.6 Å². The van der Waals surface area contributed by atoms with Crippen molar-refractivity contribution in [3.05, 3.63) is 29.3 Å². The summed E-state index contributed by atoms with van der Waals surface area (Å²) in [5.74, 6) is 0. The number of hydrogen-bond acceptors (Lipinski definition) is 2. The van der Waals surface area contributed by atoms with E-state index in [0.717, 1.165) is 31.4 Å². The second kappa shape index (κ2) is 5.87. The van der Waals surface area contributed by atoms with Crippen LogP contribution in [0.4, 0.5) is 5.69 Å². The Hall–Kier alpha value is -0.540. The second-order valence-corrected chi connectivity index (χ2v) is 5.15. The summed E-state index contributed by atoms with van der Waals surface area (Å²) < 4.78 is 5.70. The molecule has 94 valence electrons. The lowest BCUT2D eigenvalue weighted by molar-refractivity contribution is 0.0384. The Morgan fingerprint density at radius 2 is 2.29 bits per heavy atom. The Bertz CT molecular complexity index is 380. The van der Waals surface area contributed by atoms with Gasteiger partial charge in [0.15, 0.2) is 0 Å². The van der Waals surface area contributed by atoms with Gasteiger partial charge in [-0.15, -0.1) is 0 Å². The average molecular weight is 298 g/mol. The van der Waals surface area contributed by atoms with Gasteiger partial charge in [-0.1, -0.05) is 28.9 Å². The molecule has 1 saturated heterocycles. The van der Waals surface area contributed by atoms with Crippen LogP contribution in [0.15, 0.2) is 18.2 Å². The number of alkyl halides is 1. The Balaban J connectivity index is 2.13. The molecule has 2 nitrogen and oxygen atoms in total. The molecule has 0 radical (unpaired) electrons. The van der Waals surface area contributed by atoms with E-state index in [2.05, 4.69) is 52.9 Å². The highest BCUT2D eigenvalue weighted by molar-refractivity contribution is 9.08. The molecule has 0 N–H and O–H groups in total. The smallest absolute Gasteiger partial charge is 0.0748 e. The van der Waals surface area contributed by atoms with Gasteiger partial charge in [0.2, 0.25) is 0 Å². The third-order valence-corrected chi connectivity index (χ3v) is 4.03. The molecule has 0 aliphatic carbocycles. The number of anilines is 1. The topological polar surface area (TPSA) is 12.5 Å². The van der Waals surface area contributed by atoms with Crippen LogP contribution in [0.5, 0.6) is 0 Å². The minimum atomic E-state index is 0.389. The number of benzene rings is 1. The fourth-order valence-electron chi connectivity index (χ4n) is 2.23. The Morgan fingerprint density at radius 1 is 1.47 bits per heavy atom. The third-order valence-electron chi connectivity index (χ3n) is 3.43. The van der Waals surface area contributed by atoms with Crippen molar-refractivity contribution in [1.82, 2.24) is 0 Å². The van der Waals surface area contributed by atoms with E-state index >= 15 is 0 Å². The van der Waals surface area contributed by atoms with Gasteiger partial charge in [-0.25, -0.2) is 0 Å². The highest BCUT2D eigenvalue weighted by atomic mass is 79.9. The maximum atomic E-state index is 5.70. The summed E-state index contributed by atoms with van der Waals surface area (Å²) in [6, 6.07) is 6.73. The van der Waals surface area contributed by atoms with E-state index in [1.165, 1.54) is 16.8 Å². The Labute approximate surface area is 112 Å². The van der Waals surface area contributed by atoms with E-state index in [1.54, 1.807) is 0 Å².